The molecule has 4 rings (SSSR count). The van der Waals surface area contributed by atoms with Gasteiger partial charge in [0, 0.05) is 47.0 Å². The van der Waals surface area contributed by atoms with Crippen molar-refractivity contribution in [3.05, 3.63) is 72.1 Å². The summed E-state index contributed by atoms with van der Waals surface area (Å²) in [4.78, 5) is 57.0. The summed E-state index contributed by atoms with van der Waals surface area (Å²) in [5, 5.41) is 19.3. The molecule has 11 nitrogen and oxygen atoms in total. The number of nitrogens with two attached hydrogens (primary N) is 1. The minimum absolute atomic E-state index is 0.0613. The number of carbonyl (C=O) groups is 4. The maximum absolute atomic E-state index is 13.3. The average Bonchev–Trinajstić information content (AvgIpc) is 3.58. The molecule has 0 radical (unpaired) electrons. The SMILES string of the molecule is CCC(C)C(N)C(=O)NC(Cc1c[nH]c2ccccc12)C(=O)NCC(=O)NC(Cc1c[nH]c2ccccc12)C(=O)O. The molecule has 0 saturated heterocycles. The molecule has 4 atom stereocenters. The zero-order valence-corrected chi connectivity index (χ0v) is 23.1. The quantitative estimate of drug-likeness (QED) is 0.131. The van der Waals surface area contributed by atoms with Gasteiger partial charge >= 0.3 is 5.97 Å². The Balaban J connectivity index is 1.42. The molecule has 4 aromatic rings. The first-order valence-corrected chi connectivity index (χ1v) is 13.6. The fourth-order valence-corrected chi connectivity index (χ4v) is 4.77. The van der Waals surface area contributed by atoms with E-state index in [1.54, 1.807) is 12.4 Å². The van der Waals surface area contributed by atoms with E-state index in [-0.39, 0.29) is 18.8 Å². The van der Waals surface area contributed by atoms with Crippen LogP contribution in [0.3, 0.4) is 0 Å². The van der Waals surface area contributed by atoms with Crippen LogP contribution >= 0.6 is 0 Å². The Morgan fingerprint density at radius 3 is 1.90 bits per heavy atom. The molecule has 2 aromatic heterocycles. The number of aromatic amines is 2. The molecule has 8 N–H and O–H groups in total. The molecular formula is C30H36N6O5. The number of H-pyrrole nitrogens is 2. The summed E-state index contributed by atoms with van der Waals surface area (Å²) in [7, 11) is 0. The van der Waals surface area contributed by atoms with Crippen molar-refractivity contribution >= 4 is 45.5 Å². The summed E-state index contributed by atoms with van der Waals surface area (Å²) in [6.07, 6.45) is 4.41. The maximum Gasteiger partial charge on any atom is 0.326 e. The summed E-state index contributed by atoms with van der Waals surface area (Å²) in [5.74, 6) is -3.01. The van der Waals surface area contributed by atoms with Crippen LogP contribution in [0.4, 0.5) is 0 Å². The Morgan fingerprint density at radius 1 is 0.829 bits per heavy atom. The van der Waals surface area contributed by atoms with Crippen LogP contribution in [0.25, 0.3) is 21.8 Å². The largest absolute Gasteiger partial charge is 0.480 e. The predicted octanol–water partition coefficient (Wildman–Crippen LogP) is 1.98. The fraction of sp³-hybridized carbons (Fsp3) is 0.333. The van der Waals surface area contributed by atoms with Gasteiger partial charge in [-0.25, -0.2) is 4.79 Å². The van der Waals surface area contributed by atoms with Gasteiger partial charge in [0.25, 0.3) is 0 Å². The lowest BCUT2D eigenvalue weighted by atomic mass is 9.98. The number of para-hydroxylation sites is 2. The van der Waals surface area contributed by atoms with Crippen molar-refractivity contribution in [2.45, 2.75) is 51.2 Å². The minimum Gasteiger partial charge on any atom is -0.480 e. The van der Waals surface area contributed by atoms with Crippen molar-refractivity contribution in [2.75, 3.05) is 6.54 Å². The fourth-order valence-electron chi connectivity index (χ4n) is 4.77. The van der Waals surface area contributed by atoms with Gasteiger partial charge in [0.1, 0.15) is 12.1 Å². The third-order valence-electron chi connectivity index (χ3n) is 7.45. The molecule has 0 saturated carbocycles. The van der Waals surface area contributed by atoms with Crippen LogP contribution in [0.1, 0.15) is 31.4 Å². The van der Waals surface area contributed by atoms with E-state index in [9.17, 15) is 24.3 Å². The van der Waals surface area contributed by atoms with E-state index >= 15 is 0 Å². The standard InChI is InChI=1S/C30H36N6O5/c1-3-17(2)27(31)29(39)36-24(12-18-14-32-22-10-6-4-8-20(18)22)28(38)34-16-26(37)35-25(30(40)41)13-19-15-33-23-11-7-5-9-21(19)23/h4-11,14-15,17,24-25,27,32-33H,3,12-13,16,31H2,1-2H3,(H,34,38)(H,35,37)(H,36,39)(H,40,41). The summed E-state index contributed by atoms with van der Waals surface area (Å²) < 4.78 is 0. The number of hydrogen-bond acceptors (Lipinski definition) is 5. The minimum atomic E-state index is -1.20. The first-order chi connectivity index (χ1) is 19.7. The van der Waals surface area contributed by atoms with Crippen LogP contribution in [0.2, 0.25) is 0 Å². The highest BCUT2D eigenvalue weighted by Gasteiger charge is 2.28. The predicted molar refractivity (Wildman–Crippen MR) is 156 cm³/mol. The van der Waals surface area contributed by atoms with Crippen LogP contribution in [0.15, 0.2) is 60.9 Å². The number of nitrogens with one attached hydrogen (secondary N) is 5. The Morgan fingerprint density at radius 2 is 1.37 bits per heavy atom. The van der Waals surface area contributed by atoms with Crippen LogP contribution < -0.4 is 21.7 Å². The molecule has 0 fully saturated rings. The van der Waals surface area contributed by atoms with Crippen molar-refractivity contribution in [2.24, 2.45) is 11.7 Å². The zero-order valence-electron chi connectivity index (χ0n) is 23.1. The van der Waals surface area contributed by atoms with Gasteiger partial charge in [0.2, 0.25) is 17.7 Å². The number of benzene rings is 2. The van der Waals surface area contributed by atoms with Gasteiger partial charge in [-0.1, -0.05) is 56.7 Å². The maximum atomic E-state index is 13.3. The van der Waals surface area contributed by atoms with Crippen molar-refractivity contribution in [1.29, 1.82) is 0 Å². The van der Waals surface area contributed by atoms with E-state index in [0.717, 1.165) is 32.9 Å². The van der Waals surface area contributed by atoms with Crippen LogP contribution in [-0.2, 0) is 32.0 Å². The third kappa shape index (κ3) is 7.12. The number of aliphatic carboxylic acids is 1. The van der Waals surface area contributed by atoms with Gasteiger partial charge in [-0.05, 0) is 29.2 Å². The van der Waals surface area contributed by atoms with Gasteiger partial charge in [0.05, 0.1) is 12.6 Å². The van der Waals surface area contributed by atoms with Crippen molar-refractivity contribution in [1.82, 2.24) is 25.9 Å². The average molecular weight is 561 g/mol. The molecule has 4 unspecified atom stereocenters. The molecule has 2 heterocycles. The van der Waals surface area contributed by atoms with E-state index < -0.39 is 48.4 Å². The van der Waals surface area contributed by atoms with Crippen LogP contribution in [-0.4, -0.2) is 63.4 Å². The number of aromatic nitrogens is 2. The molecule has 0 aliphatic carbocycles. The highest BCUT2D eigenvalue weighted by Crippen LogP contribution is 2.20. The van der Waals surface area contributed by atoms with Gasteiger partial charge < -0.3 is 36.8 Å². The Kier molecular flexibility index (Phi) is 9.41. The number of carboxylic acids is 1. The first-order valence-electron chi connectivity index (χ1n) is 13.6. The van der Waals surface area contributed by atoms with Crippen molar-refractivity contribution in [3.63, 3.8) is 0 Å². The van der Waals surface area contributed by atoms with Gasteiger partial charge in [-0.3, -0.25) is 14.4 Å². The first kappa shape index (κ1) is 29.3. The van der Waals surface area contributed by atoms with E-state index in [0.29, 0.717) is 6.42 Å². The van der Waals surface area contributed by atoms with Crippen molar-refractivity contribution < 1.29 is 24.3 Å². The smallest absolute Gasteiger partial charge is 0.326 e. The number of rotatable bonds is 13. The lowest BCUT2D eigenvalue weighted by molar-refractivity contribution is -0.141. The third-order valence-corrected chi connectivity index (χ3v) is 7.45. The molecule has 0 aliphatic heterocycles. The summed E-state index contributed by atoms with van der Waals surface area (Å²) >= 11 is 0. The van der Waals surface area contributed by atoms with E-state index in [1.807, 2.05) is 62.4 Å². The number of fused-ring (bicyclic) bond motifs is 2. The molecule has 0 bridgehead atoms. The van der Waals surface area contributed by atoms with Crippen LogP contribution in [0, 0.1) is 5.92 Å². The molecule has 41 heavy (non-hydrogen) atoms. The zero-order chi connectivity index (χ0) is 29.5. The number of amides is 3. The highest BCUT2D eigenvalue weighted by molar-refractivity contribution is 5.94. The Bertz CT molecular complexity index is 1540. The molecule has 2 aromatic carbocycles. The van der Waals surface area contributed by atoms with Gasteiger partial charge in [-0.15, -0.1) is 0 Å². The summed E-state index contributed by atoms with van der Waals surface area (Å²) in [6.45, 7) is 3.32. The monoisotopic (exact) mass is 560 g/mol. The second-order valence-corrected chi connectivity index (χ2v) is 10.3. The van der Waals surface area contributed by atoms with E-state index in [4.69, 9.17) is 5.73 Å². The van der Waals surface area contributed by atoms with Crippen LogP contribution in [0.5, 0.6) is 0 Å². The Hall–Kier alpha value is -4.64. The number of carboxylic acid groups (broad SMARTS) is 1. The second-order valence-electron chi connectivity index (χ2n) is 10.3. The summed E-state index contributed by atoms with van der Waals surface area (Å²) in [6, 6.07) is 12.1. The normalized spacial score (nSPS) is 14.2. The molecule has 0 aliphatic rings. The van der Waals surface area contributed by atoms with Gasteiger partial charge in [0.15, 0.2) is 0 Å². The molecule has 216 valence electrons. The molecule has 3 amide bonds. The lowest BCUT2D eigenvalue weighted by Gasteiger charge is -2.23. The van der Waals surface area contributed by atoms with Crippen molar-refractivity contribution in [3.8, 4) is 0 Å². The summed E-state index contributed by atoms with van der Waals surface area (Å²) in [5.41, 5.74) is 9.42. The molecule has 11 heteroatoms. The molecule has 0 spiro atoms. The number of carbonyl (C=O) groups excluding carboxylic acids is 3. The lowest BCUT2D eigenvalue weighted by Crippen LogP contribution is -2.55. The molecular weight excluding hydrogens is 524 g/mol. The van der Waals surface area contributed by atoms with E-state index in [1.165, 1.54) is 0 Å². The highest BCUT2D eigenvalue weighted by atomic mass is 16.4. The van der Waals surface area contributed by atoms with E-state index in [2.05, 4.69) is 25.9 Å². The Labute approximate surface area is 237 Å². The number of hydrogen-bond donors (Lipinski definition) is 7. The topological polar surface area (TPSA) is 182 Å². The van der Waals surface area contributed by atoms with Gasteiger partial charge in [-0.2, -0.15) is 0 Å². The second kappa shape index (κ2) is 13.1.